The lowest BCUT2D eigenvalue weighted by atomic mass is 9.96. The van der Waals surface area contributed by atoms with Gasteiger partial charge < -0.3 is 4.74 Å². The van der Waals surface area contributed by atoms with Gasteiger partial charge in [-0.25, -0.2) is 0 Å². The molecule has 0 aliphatic carbocycles. The van der Waals surface area contributed by atoms with Crippen LogP contribution < -0.4 is 4.74 Å². The molecule has 2 nitrogen and oxygen atoms in total. The maximum Gasteiger partial charge on any atom is 0.122 e. The molecule has 0 N–H and O–H groups in total. The van der Waals surface area contributed by atoms with E-state index in [1.54, 1.807) is 7.11 Å². The molecule has 120 valence electrons. The van der Waals surface area contributed by atoms with Crippen molar-refractivity contribution in [3.05, 3.63) is 77.4 Å². The van der Waals surface area contributed by atoms with E-state index in [4.69, 9.17) is 4.74 Å². The summed E-state index contributed by atoms with van der Waals surface area (Å²) in [6.07, 6.45) is 4.59. The highest BCUT2D eigenvalue weighted by atomic mass is 16.5. The predicted molar refractivity (Wildman–Crippen MR) is 95.7 cm³/mol. The lowest BCUT2D eigenvalue weighted by molar-refractivity contribution is 0.208. The molecule has 1 unspecified atom stereocenters. The Bertz CT molecular complexity index is 663. The van der Waals surface area contributed by atoms with Gasteiger partial charge in [0, 0.05) is 19.1 Å². The Morgan fingerprint density at radius 2 is 1.78 bits per heavy atom. The summed E-state index contributed by atoms with van der Waals surface area (Å²) in [7, 11) is 1.75. The van der Waals surface area contributed by atoms with Crippen LogP contribution in [0.1, 0.15) is 24.5 Å². The lowest BCUT2D eigenvalue weighted by Gasteiger charge is -2.34. The van der Waals surface area contributed by atoms with Crippen LogP contribution in [0.4, 0.5) is 0 Å². The van der Waals surface area contributed by atoms with Crippen LogP contribution in [0.5, 0.6) is 5.75 Å². The van der Waals surface area contributed by atoms with Crippen molar-refractivity contribution in [1.29, 1.82) is 0 Å². The summed E-state index contributed by atoms with van der Waals surface area (Å²) in [4.78, 5) is 2.58. The first-order chi connectivity index (χ1) is 11.3. The van der Waals surface area contributed by atoms with E-state index in [9.17, 15) is 0 Å². The third-order valence-electron chi connectivity index (χ3n) is 4.59. The minimum absolute atomic E-state index is 0.431. The van der Waals surface area contributed by atoms with Gasteiger partial charge in [0.1, 0.15) is 5.75 Å². The van der Waals surface area contributed by atoms with Crippen molar-refractivity contribution in [1.82, 2.24) is 4.90 Å². The summed E-state index contributed by atoms with van der Waals surface area (Å²) < 4.78 is 5.53. The first-order valence-corrected chi connectivity index (χ1v) is 8.33. The molecule has 23 heavy (non-hydrogen) atoms. The topological polar surface area (TPSA) is 12.5 Å². The van der Waals surface area contributed by atoms with E-state index in [1.165, 1.54) is 16.7 Å². The molecule has 1 aliphatic rings. The van der Waals surface area contributed by atoms with E-state index >= 15 is 0 Å². The lowest BCUT2D eigenvalue weighted by Crippen LogP contribution is -2.38. The summed E-state index contributed by atoms with van der Waals surface area (Å²) >= 11 is 0. The number of rotatable bonds is 5. The summed E-state index contributed by atoms with van der Waals surface area (Å²) in [6, 6.07) is 19.5. The summed E-state index contributed by atoms with van der Waals surface area (Å²) in [5, 5.41) is 0. The number of hydrogen-bond acceptors (Lipinski definition) is 2. The highest BCUT2D eigenvalue weighted by Crippen LogP contribution is 2.25. The molecule has 0 aromatic heterocycles. The second-order valence-corrected chi connectivity index (χ2v) is 6.30. The highest BCUT2D eigenvalue weighted by molar-refractivity contribution is 5.35. The molecule has 0 saturated carbocycles. The average Bonchev–Trinajstić information content (AvgIpc) is 2.59. The molecule has 0 amide bonds. The number of methoxy groups -OCH3 is 1. The van der Waals surface area contributed by atoms with Crippen molar-refractivity contribution in [3.8, 4) is 5.75 Å². The van der Waals surface area contributed by atoms with Crippen molar-refractivity contribution in [2.24, 2.45) is 0 Å². The van der Waals surface area contributed by atoms with Crippen molar-refractivity contribution < 1.29 is 4.74 Å². The van der Waals surface area contributed by atoms with E-state index in [0.717, 1.165) is 31.7 Å². The monoisotopic (exact) mass is 307 g/mol. The molecule has 2 aromatic carbocycles. The molecule has 2 heteroatoms. The fourth-order valence-corrected chi connectivity index (χ4v) is 3.30. The van der Waals surface area contributed by atoms with Gasteiger partial charge in [-0.15, -0.1) is 0 Å². The van der Waals surface area contributed by atoms with Gasteiger partial charge in [-0.1, -0.05) is 60.2 Å². The standard InChI is InChI=1S/C21H25NO/c1-17-12-13-22(16-18-8-4-3-5-9-18)20(14-17)15-19-10-6-7-11-21(19)23-2/h3-11,14,20H,12-13,15-16H2,1-2H3. The Hall–Kier alpha value is -2.06. The van der Waals surface area contributed by atoms with E-state index < -0.39 is 0 Å². The molecule has 1 heterocycles. The van der Waals surface area contributed by atoms with Crippen molar-refractivity contribution >= 4 is 0 Å². The SMILES string of the molecule is COc1ccccc1CC1C=C(C)CCN1Cc1ccccc1. The minimum Gasteiger partial charge on any atom is -0.496 e. The zero-order valence-electron chi connectivity index (χ0n) is 14.0. The molecular weight excluding hydrogens is 282 g/mol. The molecule has 0 bridgehead atoms. The average molecular weight is 307 g/mol. The van der Waals surface area contributed by atoms with E-state index in [0.29, 0.717) is 6.04 Å². The number of nitrogens with zero attached hydrogens (tertiary/aromatic N) is 1. The zero-order valence-corrected chi connectivity index (χ0v) is 14.0. The van der Waals surface area contributed by atoms with Crippen LogP contribution in [0, 0.1) is 0 Å². The molecule has 2 aromatic rings. The van der Waals surface area contributed by atoms with Crippen LogP contribution in [0.3, 0.4) is 0 Å². The fourth-order valence-electron chi connectivity index (χ4n) is 3.30. The van der Waals surface area contributed by atoms with E-state index in [1.807, 2.05) is 6.07 Å². The maximum absolute atomic E-state index is 5.53. The van der Waals surface area contributed by atoms with Gasteiger partial charge in [0.05, 0.1) is 7.11 Å². The quantitative estimate of drug-likeness (QED) is 0.756. The van der Waals surface area contributed by atoms with Crippen LogP contribution in [-0.2, 0) is 13.0 Å². The van der Waals surface area contributed by atoms with Crippen molar-refractivity contribution in [2.75, 3.05) is 13.7 Å². The predicted octanol–water partition coefficient (Wildman–Crippen LogP) is 4.46. The highest BCUT2D eigenvalue weighted by Gasteiger charge is 2.22. The van der Waals surface area contributed by atoms with Crippen LogP contribution in [0.15, 0.2) is 66.2 Å². The molecule has 0 radical (unpaired) electrons. The van der Waals surface area contributed by atoms with Gasteiger partial charge in [-0.05, 0) is 37.0 Å². The third kappa shape index (κ3) is 4.02. The Balaban J connectivity index is 1.79. The van der Waals surface area contributed by atoms with E-state index in [-0.39, 0.29) is 0 Å². The second-order valence-electron chi connectivity index (χ2n) is 6.30. The summed E-state index contributed by atoms with van der Waals surface area (Å²) in [5.74, 6) is 0.990. The smallest absolute Gasteiger partial charge is 0.122 e. The molecule has 1 aliphatic heterocycles. The molecular formula is C21H25NO. The Morgan fingerprint density at radius 1 is 1.04 bits per heavy atom. The van der Waals surface area contributed by atoms with E-state index in [2.05, 4.69) is 66.4 Å². The molecule has 0 spiro atoms. The van der Waals surface area contributed by atoms with Gasteiger partial charge in [-0.3, -0.25) is 4.90 Å². The molecule has 0 fully saturated rings. The fraction of sp³-hybridized carbons (Fsp3) is 0.333. The van der Waals surface area contributed by atoms with Gasteiger partial charge in [0.15, 0.2) is 0 Å². The molecule has 3 rings (SSSR count). The Morgan fingerprint density at radius 3 is 2.57 bits per heavy atom. The maximum atomic E-state index is 5.53. The van der Waals surface area contributed by atoms with Crippen LogP contribution in [0.25, 0.3) is 0 Å². The van der Waals surface area contributed by atoms with Crippen LogP contribution in [0.2, 0.25) is 0 Å². The minimum atomic E-state index is 0.431. The summed E-state index contributed by atoms with van der Waals surface area (Å²) in [5.41, 5.74) is 4.16. The largest absolute Gasteiger partial charge is 0.496 e. The normalized spacial score (nSPS) is 18.5. The summed E-state index contributed by atoms with van der Waals surface area (Å²) in [6.45, 7) is 4.37. The number of ether oxygens (including phenoxy) is 1. The number of hydrogen-bond donors (Lipinski definition) is 0. The first kappa shape index (κ1) is 15.8. The van der Waals surface area contributed by atoms with Crippen molar-refractivity contribution in [3.63, 3.8) is 0 Å². The Labute approximate surface area is 139 Å². The van der Waals surface area contributed by atoms with Crippen LogP contribution >= 0.6 is 0 Å². The van der Waals surface area contributed by atoms with Crippen molar-refractivity contribution in [2.45, 2.75) is 32.4 Å². The van der Waals surface area contributed by atoms with Crippen LogP contribution in [-0.4, -0.2) is 24.6 Å². The van der Waals surface area contributed by atoms with Gasteiger partial charge >= 0.3 is 0 Å². The number of para-hydroxylation sites is 1. The second kappa shape index (κ2) is 7.47. The zero-order chi connectivity index (χ0) is 16.1. The Kier molecular flexibility index (Phi) is 5.14. The first-order valence-electron chi connectivity index (χ1n) is 8.33. The third-order valence-corrected chi connectivity index (χ3v) is 4.59. The number of benzene rings is 2. The van der Waals surface area contributed by atoms with Gasteiger partial charge in [0.25, 0.3) is 0 Å². The van der Waals surface area contributed by atoms with Gasteiger partial charge in [-0.2, -0.15) is 0 Å². The molecule has 1 atom stereocenters. The van der Waals surface area contributed by atoms with Gasteiger partial charge in [0.2, 0.25) is 0 Å². The molecule has 0 saturated heterocycles.